The van der Waals surface area contributed by atoms with E-state index in [1.54, 1.807) is 49.9 Å². The lowest BCUT2D eigenvalue weighted by Crippen LogP contribution is -2.55. The van der Waals surface area contributed by atoms with Crippen molar-refractivity contribution in [3.63, 3.8) is 0 Å². The van der Waals surface area contributed by atoms with Gasteiger partial charge in [-0.3, -0.25) is 9.59 Å². The Morgan fingerprint density at radius 1 is 1.11 bits per heavy atom. The van der Waals surface area contributed by atoms with Gasteiger partial charge in [0.15, 0.2) is 0 Å². The second-order valence-electron chi connectivity index (χ2n) is 10.6. The molecule has 0 bridgehead atoms. The van der Waals surface area contributed by atoms with Crippen LogP contribution in [0.15, 0.2) is 24.3 Å². The van der Waals surface area contributed by atoms with Gasteiger partial charge in [0.1, 0.15) is 17.7 Å². The van der Waals surface area contributed by atoms with E-state index in [0.29, 0.717) is 24.1 Å². The van der Waals surface area contributed by atoms with E-state index in [0.717, 1.165) is 25.7 Å². The van der Waals surface area contributed by atoms with E-state index in [-0.39, 0.29) is 23.8 Å². The molecule has 0 saturated heterocycles. The predicted molar refractivity (Wildman–Crippen MR) is 142 cm³/mol. The molecule has 1 aliphatic carbocycles. The Morgan fingerprint density at radius 3 is 2.22 bits per heavy atom. The lowest BCUT2D eigenvalue weighted by molar-refractivity contribution is -0.143. The van der Waals surface area contributed by atoms with Gasteiger partial charge in [0.25, 0.3) is 0 Å². The second-order valence-corrected chi connectivity index (χ2v) is 10.6. The van der Waals surface area contributed by atoms with Crippen molar-refractivity contribution in [2.75, 3.05) is 6.54 Å². The molecule has 3 atom stereocenters. The molecular weight excluding hydrogens is 454 g/mol. The Bertz CT molecular complexity index is 923. The number of carbonyl (C=O) groups is 3. The number of rotatable bonds is 9. The van der Waals surface area contributed by atoms with E-state index < -0.39 is 23.8 Å². The molecule has 1 fully saturated rings. The molecule has 7 nitrogen and oxygen atoms in total. The van der Waals surface area contributed by atoms with Crippen molar-refractivity contribution in [3.8, 4) is 12.3 Å². The number of nitrogens with one attached hydrogen (secondary N) is 2. The van der Waals surface area contributed by atoms with E-state index in [1.807, 2.05) is 20.8 Å². The summed E-state index contributed by atoms with van der Waals surface area (Å²) in [6.45, 7) is 11.3. The SMILES string of the molecule is C#Cc1ccc(C(C(=O)NC2CCCCC2)N(CC)C(=O)C(NC(=O)OC(C)(C)C)C(C)CC)cc1. The van der Waals surface area contributed by atoms with Gasteiger partial charge in [0.2, 0.25) is 11.8 Å². The van der Waals surface area contributed by atoms with Crippen LogP contribution in [0, 0.1) is 18.3 Å². The van der Waals surface area contributed by atoms with Gasteiger partial charge in [-0.15, -0.1) is 6.42 Å². The molecule has 2 N–H and O–H groups in total. The summed E-state index contributed by atoms with van der Waals surface area (Å²) in [7, 11) is 0. The van der Waals surface area contributed by atoms with Crippen molar-refractivity contribution in [1.82, 2.24) is 15.5 Å². The molecule has 0 heterocycles. The van der Waals surface area contributed by atoms with E-state index in [2.05, 4.69) is 16.6 Å². The monoisotopic (exact) mass is 497 g/mol. The van der Waals surface area contributed by atoms with Crippen LogP contribution in [0.1, 0.15) is 97.2 Å². The van der Waals surface area contributed by atoms with Gasteiger partial charge in [-0.1, -0.05) is 57.6 Å². The molecule has 1 aromatic rings. The fourth-order valence-corrected chi connectivity index (χ4v) is 4.52. The first-order chi connectivity index (χ1) is 17.0. The maximum absolute atomic E-state index is 14.0. The van der Waals surface area contributed by atoms with Gasteiger partial charge in [-0.05, 0) is 64.2 Å². The number of benzene rings is 1. The normalized spacial score (nSPS) is 16.7. The third-order valence-electron chi connectivity index (χ3n) is 6.68. The highest BCUT2D eigenvalue weighted by Crippen LogP contribution is 2.26. The quantitative estimate of drug-likeness (QED) is 0.473. The van der Waals surface area contributed by atoms with Crippen LogP contribution >= 0.6 is 0 Å². The molecule has 7 heteroatoms. The minimum absolute atomic E-state index is 0.0952. The standard InChI is InChI=1S/C29H43N3O4/c1-8-20(4)24(31-28(35)36-29(5,6)7)27(34)32(10-3)25(22-18-16-21(9-2)17-19-22)26(33)30-23-14-12-11-13-15-23/h2,16-20,23-25H,8,10-15H2,1,3-7H3,(H,30,33)(H,31,35). The Kier molecular flexibility index (Phi) is 10.8. The Labute approximate surface area is 216 Å². The molecule has 198 valence electrons. The van der Waals surface area contributed by atoms with E-state index in [9.17, 15) is 14.4 Å². The minimum Gasteiger partial charge on any atom is -0.444 e. The lowest BCUT2D eigenvalue weighted by Gasteiger charge is -2.36. The molecule has 3 amide bonds. The van der Waals surface area contributed by atoms with Crippen molar-refractivity contribution in [2.24, 2.45) is 5.92 Å². The smallest absolute Gasteiger partial charge is 0.408 e. The second kappa shape index (κ2) is 13.3. The summed E-state index contributed by atoms with van der Waals surface area (Å²) in [5, 5.41) is 5.96. The average molecular weight is 498 g/mol. The van der Waals surface area contributed by atoms with Crippen LogP contribution in [0.25, 0.3) is 0 Å². The first-order valence-corrected chi connectivity index (χ1v) is 13.2. The van der Waals surface area contributed by atoms with Crippen LogP contribution < -0.4 is 10.6 Å². The van der Waals surface area contributed by atoms with Crippen LogP contribution in [0.5, 0.6) is 0 Å². The summed E-state index contributed by atoms with van der Waals surface area (Å²) >= 11 is 0. The first-order valence-electron chi connectivity index (χ1n) is 13.2. The number of alkyl carbamates (subject to hydrolysis) is 1. The van der Waals surface area contributed by atoms with Gasteiger partial charge in [0.05, 0.1) is 0 Å². The number of hydrogen-bond acceptors (Lipinski definition) is 4. The number of likely N-dealkylation sites (N-methyl/N-ethyl adjacent to an activating group) is 1. The van der Waals surface area contributed by atoms with Crippen molar-refractivity contribution in [1.29, 1.82) is 0 Å². The van der Waals surface area contributed by atoms with Crippen LogP contribution in [-0.4, -0.2) is 47.0 Å². The number of amides is 3. The lowest BCUT2D eigenvalue weighted by atomic mass is 9.93. The van der Waals surface area contributed by atoms with Gasteiger partial charge < -0.3 is 20.3 Å². The van der Waals surface area contributed by atoms with E-state index in [1.165, 1.54) is 6.42 Å². The molecule has 0 aliphatic heterocycles. The van der Waals surface area contributed by atoms with Gasteiger partial charge >= 0.3 is 6.09 Å². The average Bonchev–Trinajstić information content (AvgIpc) is 2.84. The number of terminal acetylenes is 1. The summed E-state index contributed by atoms with van der Waals surface area (Å²) in [4.78, 5) is 41.8. The fraction of sp³-hybridized carbons (Fsp3) is 0.621. The van der Waals surface area contributed by atoms with Crippen LogP contribution in [0.4, 0.5) is 4.79 Å². The van der Waals surface area contributed by atoms with Crippen LogP contribution in [0.3, 0.4) is 0 Å². The highest BCUT2D eigenvalue weighted by molar-refractivity contribution is 5.92. The third-order valence-corrected chi connectivity index (χ3v) is 6.68. The molecule has 1 aromatic carbocycles. The highest BCUT2D eigenvalue weighted by atomic mass is 16.6. The molecule has 36 heavy (non-hydrogen) atoms. The molecule has 0 aromatic heterocycles. The zero-order chi connectivity index (χ0) is 26.9. The molecular formula is C29H43N3O4. The molecule has 2 rings (SSSR count). The van der Waals surface area contributed by atoms with Gasteiger partial charge in [-0.25, -0.2) is 4.79 Å². The van der Waals surface area contributed by atoms with Crippen molar-refractivity contribution >= 4 is 17.9 Å². The van der Waals surface area contributed by atoms with Gasteiger partial charge in [-0.2, -0.15) is 0 Å². The zero-order valence-corrected chi connectivity index (χ0v) is 22.7. The zero-order valence-electron chi connectivity index (χ0n) is 22.7. The van der Waals surface area contributed by atoms with Crippen molar-refractivity contribution in [3.05, 3.63) is 35.4 Å². The summed E-state index contributed by atoms with van der Waals surface area (Å²) in [6.07, 6.45) is 10.7. The largest absolute Gasteiger partial charge is 0.444 e. The number of hydrogen-bond donors (Lipinski definition) is 2. The Balaban J connectivity index is 2.40. The Hall–Kier alpha value is -3.01. The molecule has 3 unspecified atom stereocenters. The molecule has 1 aliphatic rings. The minimum atomic E-state index is -0.844. The predicted octanol–water partition coefficient (Wildman–Crippen LogP) is 4.95. The number of ether oxygens (including phenoxy) is 1. The highest BCUT2D eigenvalue weighted by Gasteiger charge is 2.38. The summed E-state index contributed by atoms with van der Waals surface area (Å²) in [6, 6.07) is 5.58. The maximum atomic E-state index is 14.0. The summed E-state index contributed by atoms with van der Waals surface area (Å²) in [5.74, 6) is 1.90. The first kappa shape index (κ1) is 29.2. The number of nitrogens with zero attached hydrogens (tertiary/aromatic N) is 1. The summed E-state index contributed by atoms with van der Waals surface area (Å²) in [5.41, 5.74) is 0.681. The topological polar surface area (TPSA) is 87.7 Å². The van der Waals surface area contributed by atoms with Crippen molar-refractivity contribution in [2.45, 2.75) is 104 Å². The molecule has 0 radical (unpaired) electrons. The Morgan fingerprint density at radius 2 is 1.72 bits per heavy atom. The van der Waals surface area contributed by atoms with Gasteiger partial charge in [0, 0.05) is 18.2 Å². The van der Waals surface area contributed by atoms with E-state index in [4.69, 9.17) is 11.2 Å². The van der Waals surface area contributed by atoms with Crippen LogP contribution in [-0.2, 0) is 14.3 Å². The number of carbonyl (C=O) groups excluding carboxylic acids is 3. The third kappa shape index (κ3) is 8.29. The fourth-order valence-electron chi connectivity index (χ4n) is 4.52. The molecule has 1 saturated carbocycles. The summed E-state index contributed by atoms with van der Waals surface area (Å²) < 4.78 is 5.43. The van der Waals surface area contributed by atoms with Crippen molar-refractivity contribution < 1.29 is 19.1 Å². The van der Waals surface area contributed by atoms with E-state index >= 15 is 0 Å². The van der Waals surface area contributed by atoms with Crippen LogP contribution in [0.2, 0.25) is 0 Å². The maximum Gasteiger partial charge on any atom is 0.408 e. The molecule has 0 spiro atoms.